The van der Waals surface area contributed by atoms with Crippen LogP contribution in [0.1, 0.15) is 16.1 Å². The maximum absolute atomic E-state index is 12.9. The Hall–Kier alpha value is -1.70. The van der Waals surface area contributed by atoms with Crippen LogP contribution < -0.4 is 0 Å². The van der Waals surface area contributed by atoms with E-state index in [0.29, 0.717) is 10.8 Å². The zero-order chi connectivity index (χ0) is 13.3. The number of halogens is 4. The van der Waals surface area contributed by atoms with Crippen molar-refractivity contribution in [3.63, 3.8) is 0 Å². The third-order valence-electron chi connectivity index (χ3n) is 2.14. The number of aromatic nitrogens is 3. The molecular weight excluding hydrogens is 315 g/mol. The van der Waals surface area contributed by atoms with Crippen LogP contribution in [0, 0.1) is 0 Å². The third kappa shape index (κ3) is 2.42. The fourth-order valence-electron chi connectivity index (χ4n) is 1.38. The predicted molar refractivity (Wildman–Crippen MR) is 59.4 cm³/mol. The Morgan fingerprint density at radius 3 is 2.61 bits per heavy atom. The van der Waals surface area contributed by atoms with Gasteiger partial charge in [0.15, 0.2) is 6.29 Å². The Morgan fingerprint density at radius 1 is 1.33 bits per heavy atom. The van der Waals surface area contributed by atoms with Crippen LogP contribution >= 0.6 is 15.9 Å². The molecule has 0 saturated carbocycles. The normalized spacial score (nSPS) is 11.6. The lowest BCUT2D eigenvalue weighted by Crippen LogP contribution is -2.11. The number of hydrogen-bond acceptors (Lipinski definition) is 3. The first-order valence-electron chi connectivity index (χ1n) is 4.66. The van der Waals surface area contributed by atoms with Gasteiger partial charge in [0.05, 0.1) is 17.4 Å². The zero-order valence-corrected chi connectivity index (χ0v) is 10.2. The van der Waals surface area contributed by atoms with Crippen LogP contribution in [0.5, 0.6) is 0 Å². The van der Waals surface area contributed by atoms with Crippen molar-refractivity contribution in [1.82, 2.24) is 15.0 Å². The minimum atomic E-state index is -4.52. The summed E-state index contributed by atoms with van der Waals surface area (Å²) in [4.78, 5) is 10.4. The van der Waals surface area contributed by atoms with Crippen molar-refractivity contribution >= 4 is 22.2 Å². The molecule has 1 aromatic heterocycles. The summed E-state index contributed by atoms with van der Waals surface area (Å²) >= 11 is 2.98. The minimum absolute atomic E-state index is 0.0361. The quantitative estimate of drug-likeness (QED) is 0.800. The van der Waals surface area contributed by atoms with Crippen LogP contribution in [0.2, 0.25) is 0 Å². The number of alkyl halides is 3. The van der Waals surface area contributed by atoms with Crippen molar-refractivity contribution in [2.24, 2.45) is 0 Å². The summed E-state index contributed by atoms with van der Waals surface area (Å²) in [6, 6.07) is 3.64. The summed E-state index contributed by atoms with van der Waals surface area (Å²) in [5, 5.41) is 6.90. The van der Waals surface area contributed by atoms with Gasteiger partial charge in [0.2, 0.25) is 0 Å². The standard InChI is InChI=1S/C10H5BrF3N3O/c11-6-1-2-9(8(3-6)10(12,13)14)17-4-7(5-18)15-16-17/h1-5H. The van der Waals surface area contributed by atoms with Gasteiger partial charge in [0.1, 0.15) is 5.69 Å². The van der Waals surface area contributed by atoms with E-state index in [2.05, 4.69) is 26.2 Å². The SMILES string of the molecule is O=Cc1cn(-c2ccc(Br)cc2C(F)(F)F)nn1. The second-order valence-electron chi connectivity index (χ2n) is 3.37. The highest BCUT2D eigenvalue weighted by molar-refractivity contribution is 9.10. The molecule has 0 aliphatic heterocycles. The predicted octanol–water partition coefficient (Wildman–Crippen LogP) is 2.86. The molecule has 94 valence electrons. The number of rotatable bonds is 2. The minimum Gasteiger partial charge on any atom is -0.296 e. The summed E-state index contributed by atoms with van der Waals surface area (Å²) < 4.78 is 39.8. The van der Waals surface area contributed by atoms with Crippen molar-refractivity contribution in [2.75, 3.05) is 0 Å². The average Bonchev–Trinajstić information content (AvgIpc) is 2.76. The molecule has 0 radical (unpaired) electrons. The second kappa shape index (κ2) is 4.52. The topological polar surface area (TPSA) is 47.8 Å². The number of carbonyl (C=O) groups is 1. The van der Waals surface area contributed by atoms with Crippen molar-refractivity contribution in [2.45, 2.75) is 6.18 Å². The molecule has 1 heterocycles. The summed E-state index contributed by atoms with van der Waals surface area (Å²) in [5.41, 5.74) is -1.09. The van der Waals surface area contributed by atoms with Gasteiger partial charge in [0.25, 0.3) is 0 Å². The van der Waals surface area contributed by atoms with Gasteiger partial charge in [-0.1, -0.05) is 21.1 Å². The van der Waals surface area contributed by atoms with Gasteiger partial charge in [0, 0.05) is 4.47 Å². The van der Waals surface area contributed by atoms with E-state index in [1.54, 1.807) is 0 Å². The van der Waals surface area contributed by atoms with Gasteiger partial charge >= 0.3 is 6.18 Å². The van der Waals surface area contributed by atoms with E-state index in [4.69, 9.17) is 0 Å². The van der Waals surface area contributed by atoms with Crippen molar-refractivity contribution in [3.05, 3.63) is 40.1 Å². The van der Waals surface area contributed by atoms with E-state index in [1.807, 2.05) is 0 Å². The lowest BCUT2D eigenvalue weighted by molar-refractivity contribution is -0.137. The molecule has 0 aliphatic carbocycles. The Kier molecular flexibility index (Phi) is 3.20. The maximum Gasteiger partial charge on any atom is 0.418 e. The van der Waals surface area contributed by atoms with E-state index < -0.39 is 11.7 Å². The molecule has 0 N–H and O–H groups in total. The third-order valence-corrected chi connectivity index (χ3v) is 2.64. The number of nitrogens with zero attached hydrogens (tertiary/aromatic N) is 3. The van der Waals surface area contributed by atoms with Crippen molar-refractivity contribution < 1.29 is 18.0 Å². The van der Waals surface area contributed by atoms with Crippen LogP contribution in [-0.2, 0) is 6.18 Å². The molecule has 0 atom stereocenters. The summed E-state index contributed by atoms with van der Waals surface area (Å²) in [5.74, 6) is 0. The number of benzene rings is 1. The molecule has 2 rings (SSSR count). The van der Waals surface area contributed by atoms with Crippen molar-refractivity contribution in [3.8, 4) is 5.69 Å². The van der Waals surface area contributed by atoms with Gasteiger partial charge in [-0.3, -0.25) is 4.79 Å². The zero-order valence-electron chi connectivity index (χ0n) is 8.65. The number of hydrogen-bond donors (Lipinski definition) is 0. The van der Waals surface area contributed by atoms with Gasteiger partial charge in [-0.15, -0.1) is 5.10 Å². The van der Waals surface area contributed by atoms with Gasteiger partial charge in [-0.25, -0.2) is 4.68 Å². The Balaban J connectivity index is 2.60. The van der Waals surface area contributed by atoms with Crippen LogP contribution in [0.3, 0.4) is 0 Å². The van der Waals surface area contributed by atoms with E-state index in [9.17, 15) is 18.0 Å². The molecule has 8 heteroatoms. The summed E-state index contributed by atoms with van der Waals surface area (Å²) in [7, 11) is 0. The van der Waals surface area contributed by atoms with E-state index in [0.717, 1.165) is 16.9 Å². The average molecular weight is 320 g/mol. The Labute approximate surface area is 108 Å². The molecule has 1 aromatic carbocycles. The lowest BCUT2D eigenvalue weighted by atomic mass is 10.1. The van der Waals surface area contributed by atoms with Gasteiger partial charge < -0.3 is 0 Å². The molecule has 0 spiro atoms. The summed E-state index contributed by atoms with van der Waals surface area (Å²) in [6.07, 6.45) is -2.98. The number of aldehydes is 1. The van der Waals surface area contributed by atoms with Crippen LogP contribution in [0.4, 0.5) is 13.2 Å². The van der Waals surface area contributed by atoms with Crippen LogP contribution in [0.15, 0.2) is 28.9 Å². The maximum atomic E-state index is 12.9. The van der Waals surface area contributed by atoms with E-state index in [-0.39, 0.29) is 11.4 Å². The first-order valence-corrected chi connectivity index (χ1v) is 5.46. The van der Waals surface area contributed by atoms with E-state index >= 15 is 0 Å². The Bertz CT molecular complexity index is 594. The van der Waals surface area contributed by atoms with Gasteiger partial charge in [-0.2, -0.15) is 13.2 Å². The molecule has 0 fully saturated rings. The number of carbonyl (C=O) groups excluding carboxylic acids is 1. The Morgan fingerprint density at radius 2 is 2.06 bits per heavy atom. The highest BCUT2D eigenvalue weighted by Crippen LogP contribution is 2.35. The highest BCUT2D eigenvalue weighted by atomic mass is 79.9. The highest BCUT2D eigenvalue weighted by Gasteiger charge is 2.34. The molecule has 4 nitrogen and oxygen atoms in total. The monoisotopic (exact) mass is 319 g/mol. The molecule has 0 saturated heterocycles. The molecule has 0 amide bonds. The summed E-state index contributed by atoms with van der Waals surface area (Å²) in [6.45, 7) is 0. The van der Waals surface area contributed by atoms with Crippen LogP contribution in [0.25, 0.3) is 5.69 Å². The molecule has 0 aliphatic rings. The smallest absolute Gasteiger partial charge is 0.296 e. The van der Waals surface area contributed by atoms with Gasteiger partial charge in [-0.05, 0) is 18.2 Å². The fraction of sp³-hybridized carbons (Fsp3) is 0.100. The molecule has 2 aromatic rings. The molecular formula is C10H5BrF3N3O. The first kappa shape index (κ1) is 12.7. The van der Waals surface area contributed by atoms with E-state index in [1.165, 1.54) is 12.1 Å². The lowest BCUT2D eigenvalue weighted by Gasteiger charge is -2.12. The van der Waals surface area contributed by atoms with Crippen LogP contribution in [-0.4, -0.2) is 21.3 Å². The molecule has 0 unspecified atom stereocenters. The molecule has 18 heavy (non-hydrogen) atoms. The van der Waals surface area contributed by atoms with Crippen molar-refractivity contribution in [1.29, 1.82) is 0 Å². The fourth-order valence-corrected chi connectivity index (χ4v) is 1.74. The molecule has 0 bridgehead atoms. The first-order chi connectivity index (χ1) is 8.41. The largest absolute Gasteiger partial charge is 0.418 e. The second-order valence-corrected chi connectivity index (χ2v) is 4.28.